The highest BCUT2D eigenvalue weighted by Crippen LogP contribution is 2.30. The van der Waals surface area contributed by atoms with Gasteiger partial charge >= 0.3 is 5.97 Å². The third kappa shape index (κ3) is 14.2. The van der Waals surface area contributed by atoms with Gasteiger partial charge in [-0.15, -0.1) is 0 Å². The van der Waals surface area contributed by atoms with Gasteiger partial charge in [0.15, 0.2) is 6.10 Å². The predicted octanol–water partition coefficient (Wildman–Crippen LogP) is 1.17. The molecule has 0 aromatic carbocycles. The molecular weight excluding hydrogens is 536 g/mol. The molecule has 1 aliphatic rings. The van der Waals surface area contributed by atoms with Crippen molar-refractivity contribution in [3.05, 3.63) is 0 Å². The maximum atomic E-state index is 12.2. The molecule has 0 heterocycles. The van der Waals surface area contributed by atoms with Crippen LogP contribution < -0.4 is 0 Å². The molecule has 0 amide bonds. The summed E-state index contributed by atoms with van der Waals surface area (Å²) in [4.78, 5) is 12.2. The van der Waals surface area contributed by atoms with Gasteiger partial charge in [0.2, 0.25) is 20.8 Å². The Hall–Kier alpha value is -0.910. The third-order valence-corrected chi connectivity index (χ3v) is 7.15. The van der Waals surface area contributed by atoms with E-state index >= 15 is 0 Å². The average molecular weight is 577 g/mol. The molecule has 37 heavy (non-hydrogen) atoms. The van der Waals surface area contributed by atoms with Crippen LogP contribution in [0.3, 0.4) is 0 Å². The van der Waals surface area contributed by atoms with Crippen LogP contribution in [0, 0.1) is 0 Å². The van der Waals surface area contributed by atoms with Crippen LogP contribution in [0.2, 0.25) is 0 Å². The minimum atomic E-state index is -5.59. The van der Waals surface area contributed by atoms with Gasteiger partial charge in [0.05, 0.1) is 0 Å². The third-order valence-electron chi connectivity index (χ3n) is 6.23. The zero-order valence-electron chi connectivity index (χ0n) is 21.1. The highest BCUT2D eigenvalue weighted by Gasteiger charge is 2.54. The molecule has 1 saturated carbocycles. The van der Waals surface area contributed by atoms with Gasteiger partial charge in [-0.1, -0.05) is 84.0 Å². The smallest absolute Gasteiger partial charge is 0.306 e. The minimum absolute atomic E-state index is 0.107. The summed E-state index contributed by atoms with van der Waals surface area (Å²) in [5.74, 6) is -0.891. The highest BCUT2D eigenvalue weighted by atomic mass is 32.3. The van der Waals surface area contributed by atoms with Crippen LogP contribution in [0.4, 0.5) is 0 Å². The summed E-state index contributed by atoms with van der Waals surface area (Å²) < 4.78 is 78.7. The van der Waals surface area contributed by atoms with Crippen LogP contribution in [0.15, 0.2) is 0 Å². The molecule has 0 aromatic rings. The number of hydrogen-bond acceptors (Lipinski definition) is 13. The van der Waals surface area contributed by atoms with E-state index in [1.165, 1.54) is 44.9 Å². The van der Waals surface area contributed by atoms with E-state index in [1.807, 2.05) is 0 Å². The monoisotopic (exact) mass is 576 g/mol. The largest absolute Gasteiger partial charge is 0.726 e. The van der Waals surface area contributed by atoms with Gasteiger partial charge < -0.3 is 29.2 Å². The average Bonchev–Trinajstić information content (AvgIpc) is 2.79. The molecule has 15 heteroatoms. The molecule has 0 aliphatic heterocycles. The van der Waals surface area contributed by atoms with E-state index in [0.29, 0.717) is 6.42 Å². The fourth-order valence-electron chi connectivity index (χ4n) is 4.30. The molecule has 0 saturated heterocycles. The Kier molecular flexibility index (Phi) is 15.6. The second-order valence-corrected chi connectivity index (χ2v) is 11.4. The molecule has 220 valence electrons. The van der Waals surface area contributed by atoms with E-state index in [-0.39, 0.29) is 6.42 Å². The van der Waals surface area contributed by atoms with Crippen molar-refractivity contribution in [2.24, 2.45) is 0 Å². The number of carbonyl (C=O) groups excluding carboxylic acids is 1. The number of rotatable bonds is 19. The summed E-state index contributed by atoms with van der Waals surface area (Å²) >= 11 is 0. The van der Waals surface area contributed by atoms with Gasteiger partial charge in [-0.25, -0.2) is 16.8 Å². The quantitative estimate of drug-likeness (QED) is 0.0851. The van der Waals surface area contributed by atoms with Crippen molar-refractivity contribution in [2.75, 3.05) is 0 Å². The maximum Gasteiger partial charge on any atom is 0.306 e. The Morgan fingerprint density at radius 3 is 1.38 bits per heavy atom. The van der Waals surface area contributed by atoms with Gasteiger partial charge in [0, 0.05) is 6.42 Å². The second-order valence-electron chi connectivity index (χ2n) is 9.36. The topological polar surface area (TPSA) is 220 Å². The van der Waals surface area contributed by atoms with Crippen molar-refractivity contribution in [1.29, 1.82) is 0 Å². The molecule has 0 bridgehead atoms. The number of hydrogen-bond donors (Lipinski definition) is 3. The molecule has 0 aromatic heterocycles. The van der Waals surface area contributed by atoms with Crippen LogP contribution in [0.5, 0.6) is 0 Å². The van der Waals surface area contributed by atoms with Crippen molar-refractivity contribution in [2.45, 2.75) is 133 Å². The summed E-state index contributed by atoms with van der Waals surface area (Å²) in [6.45, 7) is 2.19. The number of carbonyl (C=O) groups is 1. The van der Waals surface area contributed by atoms with E-state index in [2.05, 4.69) is 15.3 Å². The number of ether oxygens (including phenoxy) is 1. The molecule has 0 spiro atoms. The van der Waals surface area contributed by atoms with Crippen molar-refractivity contribution in [3.8, 4) is 0 Å². The van der Waals surface area contributed by atoms with Crippen LogP contribution in [-0.4, -0.2) is 83.9 Å². The Labute approximate surface area is 219 Å². The molecule has 1 aliphatic carbocycles. The van der Waals surface area contributed by atoms with Gasteiger partial charge in [-0.2, -0.15) is 0 Å². The van der Waals surface area contributed by atoms with Gasteiger partial charge in [0.1, 0.15) is 30.5 Å². The number of unbranched alkanes of at least 4 members (excludes halogenated alkanes) is 12. The van der Waals surface area contributed by atoms with Crippen LogP contribution in [0.25, 0.3) is 0 Å². The molecule has 6 atom stereocenters. The van der Waals surface area contributed by atoms with Crippen LogP contribution in [0.1, 0.15) is 96.8 Å². The minimum Gasteiger partial charge on any atom is -0.726 e. The molecule has 3 N–H and O–H groups in total. The van der Waals surface area contributed by atoms with Crippen molar-refractivity contribution in [3.63, 3.8) is 0 Å². The first-order valence-electron chi connectivity index (χ1n) is 12.8. The fourth-order valence-corrected chi connectivity index (χ4v) is 5.29. The van der Waals surface area contributed by atoms with Crippen molar-refractivity contribution >= 4 is 26.8 Å². The van der Waals surface area contributed by atoms with E-state index in [1.54, 1.807) is 0 Å². The molecule has 1 fully saturated rings. The number of aliphatic hydroxyl groups excluding tert-OH is 3. The zero-order chi connectivity index (χ0) is 28.1. The molecule has 0 radical (unpaired) electrons. The van der Waals surface area contributed by atoms with Gasteiger partial charge in [-0.05, 0) is 6.42 Å². The Balaban J connectivity index is 2.44. The summed E-state index contributed by atoms with van der Waals surface area (Å²) in [5.41, 5.74) is 0. The lowest BCUT2D eigenvalue weighted by atomic mass is 9.85. The highest BCUT2D eigenvalue weighted by molar-refractivity contribution is 7.81. The summed E-state index contributed by atoms with van der Waals surface area (Å²) in [6, 6.07) is 0. The van der Waals surface area contributed by atoms with Gasteiger partial charge in [0.25, 0.3) is 0 Å². The fraction of sp³-hybridized carbons (Fsp3) is 0.955. The lowest BCUT2D eigenvalue weighted by Crippen LogP contribution is -2.66. The lowest BCUT2D eigenvalue weighted by Gasteiger charge is -2.44. The summed E-state index contributed by atoms with van der Waals surface area (Å²) in [7, 11) is -11.2. The van der Waals surface area contributed by atoms with Crippen molar-refractivity contribution in [1.82, 2.24) is 0 Å². The Morgan fingerprint density at radius 2 is 0.973 bits per heavy atom. The maximum absolute atomic E-state index is 12.2. The number of esters is 1. The van der Waals surface area contributed by atoms with Crippen LogP contribution >= 0.6 is 0 Å². The first-order chi connectivity index (χ1) is 17.3. The van der Waals surface area contributed by atoms with Crippen molar-refractivity contribution < 1.29 is 59.2 Å². The summed E-state index contributed by atoms with van der Waals surface area (Å²) in [5, 5.41) is 30.6. The Morgan fingerprint density at radius 1 is 0.622 bits per heavy atom. The van der Waals surface area contributed by atoms with E-state index in [9.17, 15) is 46.1 Å². The SMILES string of the molecule is CCCCCCCCCCCCCCCC(=O)O[C@@H]1[C@H](O)[C@H](O)[C@@H](OS(=O)(=O)[O-])[C@H](OS(=O)(=O)[O-])[C@H]1O. The van der Waals surface area contributed by atoms with E-state index in [4.69, 9.17) is 4.74 Å². The second kappa shape index (κ2) is 16.9. The molecule has 1 rings (SSSR count). The Bertz CT molecular complexity index is 862. The zero-order valence-corrected chi connectivity index (χ0v) is 22.7. The first kappa shape index (κ1) is 34.1. The predicted molar refractivity (Wildman–Crippen MR) is 127 cm³/mol. The molecular formula is C22H40O13S2-2. The summed E-state index contributed by atoms with van der Waals surface area (Å²) in [6.07, 6.45) is 0.367. The standard InChI is InChI=1S/C22H42O13S2/c1-2-3-4-5-6-7-8-9-10-11-12-13-14-15-16(23)33-20-17(24)18(25)21(34-36(27,28)29)22(19(20)26)35-37(30,31)32/h17-22,24-26H,2-15H2,1H3,(H,27,28,29)(H,30,31,32)/p-2/t17-,18+,19+,20-,21-,22-/m1/s1. The number of aliphatic hydroxyl groups is 3. The first-order valence-corrected chi connectivity index (χ1v) is 15.5. The normalized spacial score (nSPS) is 26.8. The molecule has 13 nitrogen and oxygen atoms in total. The molecule has 0 unspecified atom stereocenters. The van der Waals surface area contributed by atoms with Gasteiger partial charge in [-0.3, -0.25) is 13.2 Å². The van der Waals surface area contributed by atoms with E-state index < -0.39 is 63.4 Å². The van der Waals surface area contributed by atoms with Crippen LogP contribution in [-0.2, 0) is 38.7 Å². The lowest BCUT2D eigenvalue weighted by molar-refractivity contribution is -0.224. The van der Waals surface area contributed by atoms with E-state index in [0.717, 1.165) is 32.1 Å².